The fraction of sp³-hybridized carbons (Fsp3) is 0.429. The number of H-pyrrole nitrogens is 1. The van der Waals surface area contributed by atoms with Crippen LogP contribution in [0.25, 0.3) is 10.9 Å². The number of carbonyl (C=O) groups is 2. The predicted molar refractivity (Wildman–Crippen MR) is 112 cm³/mol. The Labute approximate surface area is 177 Å². The van der Waals surface area contributed by atoms with Gasteiger partial charge in [0.25, 0.3) is 5.22 Å². The van der Waals surface area contributed by atoms with E-state index in [1.54, 1.807) is 6.20 Å². The Morgan fingerprint density at radius 3 is 2.83 bits per heavy atom. The summed E-state index contributed by atoms with van der Waals surface area (Å²) in [6.07, 6.45) is 7.68. The number of aromatic amines is 1. The summed E-state index contributed by atoms with van der Waals surface area (Å²) in [6.45, 7) is 0. The highest BCUT2D eigenvalue weighted by atomic mass is 32.2. The number of nitrogens with one attached hydrogen (secondary N) is 2. The molecular weight excluding hydrogens is 404 g/mol. The van der Waals surface area contributed by atoms with Crippen molar-refractivity contribution in [2.24, 2.45) is 0 Å². The van der Waals surface area contributed by atoms with Gasteiger partial charge in [-0.05, 0) is 24.5 Å². The third-order valence-corrected chi connectivity index (χ3v) is 6.25. The van der Waals surface area contributed by atoms with Crippen LogP contribution in [0.5, 0.6) is 0 Å². The number of rotatable bonds is 8. The van der Waals surface area contributed by atoms with Gasteiger partial charge in [0.15, 0.2) is 0 Å². The second kappa shape index (κ2) is 9.34. The van der Waals surface area contributed by atoms with Crippen LogP contribution in [0, 0.1) is 0 Å². The average molecular weight is 429 g/mol. The largest absolute Gasteiger partial charge is 0.480 e. The molecule has 158 valence electrons. The molecule has 1 aromatic carbocycles. The number of aromatic nitrogens is 3. The van der Waals surface area contributed by atoms with Gasteiger partial charge in [-0.2, -0.15) is 0 Å². The zero-order valence-electron chi connectivity index (χ0n) is 16.5. The number of nitrogens with zero attached hydrogens (tertiary/aromatic N) is 2. The first-order valence-electron chi connectivity index (χ1n) is 10.1. The molecule has 1 aliphatic carbocycles. The summed E-state index contributed by atoms with van der Waals surface area (Å²) in [4.78, 5) is 27.1. The molecule has 3 aromatic rings. The number of para-hydroxylation sites is 1. The van der Waals surface area contributed by atoms with Gasteiger partial charge < -0.3 is 19.8 Å². The van der Waals surface area contributed by atoms with E-state index in [1.165, 1.54) is 19.3 Å². The van der Waals surface area contributed by atoms with E-state index in [9.17, 15) is 14.7 Å². The number of benzene rings is 1. The molecular formula is C21H24N4O4S. The molecule has 30 heavy (non-hydrogen) atoms. The van der Waals surface area contributed by atoms with Gasteiger partial charge in [-0.3, -0.25) is 4.79 Å². The standard InChI is InChI=1S/C21H24N4O4S/c26-18(12-30-21-25-24-19(29-21)13-6-2-1-3-7-13)23-17(20(27)28)10-14-11-22-16-9-5-4-8-15(14)16/h4-5,8-9,11,13,17,22H,1-3,6-7,10,12H2,(H,23,26)(H,27,28). The van der Waals surface area contributed by atoms with Crippen molar-refractivity contribution in [2.45, 2.75) is 55.7 Å². The summed E-state index contributed by atoms with van der Waals surface area (Å²) in [6, 6.07) is 6.65. The van der Waals surface area contributed by atoms with E-state index in [4.69, 9.17) is 4.42 Å². The lowest BCUT2D eigenvalue weighted by Gasteiger charge is -2.17. The smallest absolute Gasteiger partial charge is 0.326 e. The first-order valence-corrected chi connectivity index (χ1v) is 11.1. The highest BCUT2D eigenvalue weighted by Crippen LogP contribution is 2.32. The molecule has 0 radical (unpaired) electrons. The molecule has 1 fully saturated rings. The van der Waals surface area contributed by atoms with Gasteiger partial charge in [0, 0.05) is 29.4 Å². The fourth-order valence-corrected chi connectivity index (χ4v) is 4.46. The molecule has 0 aliphatic heterocycles. The molecule has 1 amide bonds. The molecule has 0 bridgehead atoms. The maximum absolute atomic E-state index is 12.3. The van der Waals surface area contributed by atoms with Gasteiger partial charge in [-0.25, -0.2) is 4.79 Å². The van der Waals surface area contributed by atoms with E-state index in [0.717, 1.165) is 41.1 Å². The van der Waals surface area contributed by atoms with Crippen LogP contribution < -0.4 is 5.32 Å². The van der Waals surface area contributed by atoms with Crippen LogP contribution in [-0.2, 0) is 16.0 Å². The predicted octanol–water partition coefficient (Wildman–Crippen LogP) is 3.50. The van der Waals surface area contributed by atoms with Gasteiger partial charge in [-0.15, -0.1) is 10.2 Å². The highest BCUT2D eigenvalue weighted by Gasteiger charge is 2.24. The second-order valence-electron chi connectivity index (χ2n) is 7.55. The topological polar surface area (TPSA) is 121 Å². The van der Waals surface area contributed by atoms with E-state index in [1.807, 2.05) is 24.3 Å². The molecule has 0 spiro atoms. The van der Waals surface area contributed by atoms with E-state index in [-0.39, 0.29) is 18.1 Å². The zero-order valence-corrected chi connectivity index (χ0v) is 17.3. The number of thioether (sulfide) groups is 1. The second-order valence-corrected chi connectivity index (χ2v) is 8.48. The lowest BCUT2D eigenvalue weighted by Crippen LogP contribution is -2.43. The zero-order chi connectivity index (χ0) is 20.9. The number of carbonyl (C=O) groups excluding carboxylic acids is 1. The average Bonchev–Trinajstić information content (AvgIpc) is 3.40. The first kappa shape index (κ1) is 20.5. The van der Waals surface area contributed by atoms with Crippen molar-refractivity contribution >= 4 is 34.5 Å². The number of carboxylic acid groups (broad SMARTS) is 1. The lowest BCUT2D eigenvalue weighted by atomic mass is 9.89. The molecule has 8 nitrogen and oxygen atoms in total. The summed E-state index contributed by atoms with van der Waals surface area (Å²) in [5.41, 5.74) is 1.78. The maximum Gasteiger partial charge on any atom is 0.326 e. The molecule has 1 saturated carbocycles. The molecule has 2 aromatic heterocycles. The Kier molecular flexibility index (Phi) is 6.37. The van der Waals surface area contributed by atoms with Crippen molar-refractivity contribution in [1.82, 2.24) is 20.5 Å². The summed E-state index contributed by atoms with van der Waals surface area (Å²) < 4.78 is 5.70. The third-order valence-electron chi connectivity index (χ3n) is 5.44. The van der Waals surface area contributed by atoms with Crippen LogP contribution in [0.15, 0.2) is 40.1 Å². The summed E-state index contributed by atoms with van der Waals surface area (Å²) >= 11 is 1.13. The SMILES string of the molecule is O=C(CSc1nnc(C2CCCCC2)o1)NC(Cc1c[nH]c2ccccc12)C(=O)O. The molecule has 2 heterocycles. The number of carboxylic acids is 1. The normalized spacial score (nSPS) is 15.9. The molecule has 1 unspecified atom stereocenters. The van der Waals surface area contributed by atoms with Gasteiger partial charge in [-0.1, -0.05) is 49.2 Å². The minimum atomic E-state index is -1.07. The lowest BCUT2D eigenvalue weighted by molar-refractivity contribution is -0.141. The van der Waals surface area contributed by atoms with Crippen LogP contribution >= 0.6 is 11.8 Å². The van der Waals surface area contributed by atoms with Crippen molar-refractivity contribution in [2.75, 3.05) is 5.75 Å². The van der Waals surface area contributed by atoms with Crippen LogP contribution in [0.2, 0.25) is 0 Å². The van der Waals surface area contributed by atoms with Crippen molar-refractivity contribution in [3.63, 3.8) is 0 Å². The van der Waals surface area contributed by atoms with E-state index < -0.39 is 12.0 Å². The molecule has 0 saturated heterocycles. The summed E-state index contributed by atoms with van der Waals surface area (Å²) in [7, 11) is 0. The van der Waals surface area contributed by atoms with E-state index in [0.29, 0.717) is 17.0 Å². The minimum absolute atomic E-state index is 0.0178. The van der Waals surface area contributed by atoms with Crippen molar-refractivity contribution in [1.29, 1.82) is 0 Å². The Morgan fingerprint density at radius 1 is 1.23 bits per heavy atom. The first-order chi connectivity index (χ1) is 14.6. The monoisotopic (exact) mass is 428 g/mol. The highest BCUT2D eigenvalue weighted by molar-refractivity contribution is 7.99. The molecule has 1 atom stereocenters. The van der Waals surface area contributed by atoms with Gasteiger partial charge >= 0.3 is 5.97 Å². The van der Waals surface area contributed by atoms with Crippen LogP contribution in [0.1, 0.15) is 49.5 Å². The van der Waals surface area contributed by atoms with Crippen LogP contribution in [0.4, 0.5) is 0 Å². The Morgan fingerprint density at radius 2 is 2.03 bits per heavy atom. The molecule has 4 rings (SSSR count). The van der Waals surface area contributed by atoms with E-state index >= 15 is 0 Å². The van der Waals surface area contributed by atoms with Crippen LogP contribution in [-0.4, -0.2) is 44.0 Å². The summed E-state index contributed by atoms with van der Waals surface area (Å²) in [5.74, 6) is -0.493. The minimum Gasteiger partial charge on any atom is -0.480 e. The van der Waals surface area contributed by atoms with E-state index in [2.05, 4.69) is 20.5 Å². The fourth-order valence-electron chi connectivity index (χ4n) is 3.88. The number of fused-ring (bicyclic) bond motifs is 1. The van der Waals surface area contributed by atoms with Gasteiger partial charge in [0.05, 0.1) is 5.75 Å². The number of hydrogen-bond acceptors (Lipinski definition) is 6. The number of amides is 1. The number of aliphatic carboxylic acids is 1. The van der Waals surface area contributed by atoms with Crippen molar-refractivity contribution < 1.29 is 19.1 Å². The molecule has 3 N–H and O–H groups in total. The van der Waals surface area contributed by atoms with Crippen molar-refractivity contribution in [3.8, 4) is 0 Å². The molecule has 9 heteroatoms. The van der Waals surface area contributed by atoms with Gasteiger partial charge in [0.1, 0.15) is 6.04 Å². The maximum atomic E-state index is 12.3. The Balaban J connectivity index is 1.32. The molecule has 1 aliphatic rings. The Hall–Kier alpha value is -2.81. The third kappa shape index (κ3) is 4.84. The van der Waals surface area contributed by atoms with Crippen molar-refractivity contribution in [3.05, 3.63) is 41.9 Å². The Bertz CT molecular complexity index is 1020. The number of hydrogen-bond donors (Lipinski definition) is 3. The quantitative estimate of drug-likeness (QED) is 0.470. The summed E-state index contributed by atoms with van der Waals surface area (Å²) in [5, 5.41) is 21.6. The van der Waals surface area contributed by atoms with Crippen LogP contribution in [0.3, 0.4) is 0 Å². The van der Waals surface area contributed by atoms with Gasteiger partial charge in [0.2, 0.25) is 11.8 Å².